The Balaban J connectivity index is 1.38. The Morgan fingerprint density at radius 1 is 0.780 bits per heavy atom. The molecular formula is C32H35F5O3S. The molecule has 0 aromatic heterocycles. The number of hydrogen-bond acceptors (Lipinski definition) is 3. The van der Waals surface area contributed by atoms with E-state index >= 15 is 0 Å². The first kappa shape index (κ1) is 32.5. The van der Waals surface area contributed by atoms with Gasteiger partial charge >= 0.3 is 12.1 Å². The summed E-state index contributed by atoms with van der Waals surface area (Å²) < 4.78 is 80.0. The molecule has 9 heteroatoms. The fourth-order valence-electron chi connectivity index (χ4n) is 4.17. The number of alkyl halides is 5. The highest BCUT2D eigenvalue weighted by Gasteiger charge is 2.56. The average Bonchev–Trinajstić information content (AvgIpc) is 2.94. The van der Waals surface area contributed by atoms with Gasteiger partial charge in [-0.3, -0.25) is 0 Å². The highest BCUT2D eigenvalue weighted by molar-refractivity contribution is 7.91. The van der Waals surface area contributed by atoms with Crippen LogP contribution in [0.1, 0.15) is 48.8 Å². The van der Waals surface area contributed by atoms with E-state index in [0.29, 0.717) is 19.4 Å². The van der Waals surface area contributed by atoms with E-state index in [-0.39, 0.29) is 17.3 Å². The lowest BCUT2D eigenvalue weighted by molar-refractivity contribution is -0.284. The quantitative estimate of drug-likeness (QED) is 0.103. The van der Waals surface area contributed by atoms with Crippen LogP contribution < -0.4 is 4.74 Å². The number of phenols is 1. The van der Waals surface area contributed by atoms with E-state index in [1.165, 1.54) is 5.57 Å². The molecule has 3 aromatic carbocycles. The van der Waals surface area contributed by atoms with Crippen LogP contribution in [0.4, 0.5) is 22.0 Å². The maximum Gasteiger partial charge on any atom is 0.453 e. The molecule has 41 heavy (non-hydrogen) atoms. The maximum absolute atomic E-state index is 12.9. The van der Waals surface area contributed by atoms with Gasteiger partial charge in [0, 0.05) is 6.42 Å². The van der Waals surface area contributed by atoms with Gasteiger partial charge in [-0.15, -0.1) is 0 Å². The predicted molar refractivity (Wildman–Crippen MR) is 154 cm³/mol. The average molecular weight is 595 g/mol. The number of allylic oxidation sites excluding steroid dienone is 2. The molecule has 0 fully saturated rings. The zero-order chi connectivity index (χ0) is 29.7. The SMILES string of the molecule is [O-][S+](CCCCCOc1ccc(C/C=C(\Cc2ccc(O)cc2)c2ccccc2)cc1)CCCC(F)(F)C(F)(F)F. The smallest absolute Gasteiger partial charge is 0.453 e. The Morgan fingerprint density at radius 2 is 1.41 bits per heavy atom. The van der Waals surface area contributed by atoms with Gasteiger partial charge in [-0.1, -0.05) is 71.8 Å². The summed E-state index contributed by atoms with van der Waals surface area (Å²) in [7, 11) is 0. The third-order valence-corrected chi connectivity index (χ3v) is 8.03. The monoisotopic (exact) mass is 594 g/mol. The van der Waals surface area contributed by atoms with Crippen molar-refractivity contribution in [3.05, 3.63) is 102 Å². The van der Waals surface area contributed by atoms with Crippen molar-refractivity contribution in [3.63, 3.8) is 0 Å². The number of rotatable bonds is 16. The summed E-state index contributed by atoms with van der Waals surface area (Å²) >= 11 is -1.41. The van der Waals surface area contributed by atoms with Crippen molar-refractivity contribution in [2.75, 3.05) is 18.1 Å². The summed E-state index contributed by atoms with van der Waals surface area (Å²) in [4.78, 5) is 0. The lowest BCUT2D eigenvalue weighted by Crippen LogP contribution is -2.36. The van der Waals surface area contributed by atoms with Crippen molar-refractivity contribution in [2.45, 2.75) is 57.0 Å². The summed E-state index contributed by atoms with van der Waals surface area (Å²) in [5.41, 5.74) is 4.58. The van der Waals surface area contributed by atoms with Crippen molar-refractivity contribution < 1.29 is 36.3 Å². The Labute approximate surface area is 241 Å². The Hall–Kier alpha value is -3.04. The fraction of sp³-hybridized carbons (Fsp3) is 0.375. The molecule has 0 aliphatic heterocycles. The predicted octanol–water partition coefficient (Wildman–Crippen LogP) is 8.54. The van der Waals surface area contributed by atoms with Crippen LogP contribution in [0, 0.1) is 0 Å². The second-order valence-corrected chi connectivity index (χ2v) is 11.5. The molecule has 0 aliphatic rings. The molecule has 1 atom stereocenters. The van der Waals surface area contributed by atoms with Gasteiger partial charge in [0.1, 0.15) is 23.0 Å². The van der Waals surface area contributed by atoms with Gasteiger partial charge in [0.25, 0.3) is 0 Å². The number of halogens is 5. The summed E-state index contributed by atoms with van der Waals surface area (Å²) in [6, 6.07) is 25.3. The third kappa shape index (κ3) is 11.4. The van der Waals surface area contributed by atoms with Gasteiger partial charge in [0.15, 0.2) is 0 Å². The maximum atomic E-state index is 12.9. The van der Waals surface area contributed by atoms with E-state index in [0.717, 1.165) is 41.7 Å². The summed E-state index contributed by atoms with van der Waals surface area (Å²) in [6.45, 7) is 0.467. The second kappa shape index (κ2) is 15.8. The molecule has 0 amide bonds. The van der Waals surface area contributed by atoms with Crippen molar-refractivity contribution in [3.8, 4) is 11.5 Å². The molecule has 1 unspecified atom stereocenters. The highest BCUT2D eigenvalue weighted by Crippen LogP contribution is 2.38. The fourth-order valence-corrected chi connectivity index (χ4v) is 5.37. The van der Waals surface area contributed by atoms with E-state index in [9.17, 15) is 31.6 Å². The number of ether oxygens (including phenoxy) is 1. The minimum Gasteiger partial charge on any atom is -0.616 e. The second-order valence-electron chi connectivity index (χ2n) is 9.85. The van der Waals surface area contributed by atoms with Crippen molar-refractivity contribution in [1.29, 1.82) is 0 Å². The minimum absolute atomic E-state index is 0.159. The van der Waals surface area contributed by atoms with Crippen LogP contribution in [-0.4, -0.2) is 39.9 Å². The lowest BCUT2D eigenvalue weighted by atomic mass is 9.96. The van der Waals surface area contributed by atoms with Crippen molar-refractivity contribution >= 4 is 16.7 Å². The van der Waals surface area contributed by atoms with E-state index in [4.69, 9.17) is 4.74 Å². The van der Waals surface area contributed by atoms with Crippen LogP contribution in [0.3, 0.4) is 0 Å². The number of aromatic hydroxyl groups is 1. The first-order valence-corrected chi connectivity index (χ1v) is 15.1. The van der Waals surface area contributed by atoms with E-state index in [1.807, 2.05) is 54.6 Å². The summed E-state index contributed by atoms with van der Waals surface area (Å²) in [6.07, 6.45) is -1.61. The molecule has 0 aliphatic carbocycles. The molecule has 0 spiro atoms. The van der Waals surface area contributed by atoms with E-state index in [1.54, 1.807) is 12.1 Å². The number of phenolic OH excluding ortho intramolecular Hbond substituents is 1. The van der Waals surface area contributed by atoms with Gasteiger partial charge in [0.2, 0.25) is 0 Å². The van der Waals surface area contributed by atoms with Crippen LogP contribution in [0.15, 0.2) is 84.9 Å². The Kier molecular flexibility index (Phi) is 12.5. The number of hydrogen-bond donors (Lipinski definition) is 1. The highest BCUT2D eigenvalue weighted by atomic mass is 32.2. The summed E-state index contributed by atoms with van der Waals surface area (Å²) in [5, 5.41) is 9.58. The van der Waals surface area contributed by atoms with Crippen LogP contribution >= 0.6 is 0 Å². The number of benzene rings is 3. The van der Waals surface area contributed by atoms with Crippen LogP contribution in [0.25, 0.3) is 5.57 Å². The molecule has 0 saturated carbocycles. The van der Waals surface area contributed by atoms with Crippen LogP contribution in [-0.2, 0) is 24.0 Å². The summed E-state index contributed by atoms with van der Waals surface area (Å²) in [5.74, 6) is -3.64. The number of unbranched alkanes of at least 4 members (excludes halogenated alkanes) is 2. The Morgan fingerprint density at radius 3 is 2.07 bits per heavy atom. The van der Waals surface area contributed by atoms with E-state index < -0.39 is 36.1 Å². The third-order valence-electron chi connectivity index (χ3n) is 6.55. The standard InChI is InChI=1S/C32H35F5O3S/c33-31(34,32(35,36)37)20-7-23-41(39)22-6-2-5-21-40-30-18-13-25(14-19-30)10-15-28(27-8-3-1-4-9-27)24-26-11-16-29(38)17-12-26/h1,3-4,8-9,11-19,38H,2,5-7,10,20-24H2/b28-15+. The van der Waals surface area contributed by atoms with Gasteiger partial charge < -0.3 is 14.4 Å². The van der Waals surface area contributed by atoms with E-state index in [2.05, 4.69) is 18.2 Å². The molecular weight excluding hydrogens is 559 g/mol. The first-order chi connectivity index (χ1) is 19.5. The van der Waals surface area contributed by atoms with Gasteiger partial charge in [0.05, 0.1) is 6.61 Å². The Bertz CT molecular complexity index is 1200. The zero-order valence-electron chi connectivity index (χ0n) is 22.7. The minimum atomic E-state index is -5.56. The van der Waals surface area contributed by atoms with Crippen molar-refractivity contribution in [2.24, 2.45) is 0 Å². The van der Waals surface area contributed by atoms with Crippen LogP contribution in [0.5, 0.6) is 11.5 Å². The molecule has 3 aromatic rings. The molecule has 222 valence electrons. The zero-order valence-corrected chi connectivity index (χ0v) is 23.5. The molecule has 1 N–H and O–H groups in total. The van der Waals surface area contributed by atoms with Gasteiger partial charge in [-0.2, -0.15) is 22.0 Å². The molecule has 0 heterocycles. The van der Waals surface area contributed by atoms with Crippen LogP contribution in [0.2, 0.25) is 0 Å². The van der Waals surface area contributed by atoms with Gasteiger partial charge in [-0.05, 0) is 85.1 Å². The van der Waals surface area contributed by atoms with Gasteiger partial charge in [-0.25, -0.2) is 0 Å². The topological polar surface area (TPSA) is 52.5 Å². The van der Waals surface area contributed by atoms with Crippen molar-refractivity contribution in [1.82, 2.24) is 0 Å². The molecule has 0 bridgehead atoms. The molecule has 0 saturated heterocycles. The lowest BCUT2D eigenvalue weighted by Gasteiger charge is -2.19. The normalized spacial score (nSPS) is 13.3. The molecule has 3 rings (SSSR count). The largest absolute Gasteiger partial charge is 0.616 e. The first-order valence-electron chi connectivity index (χ1n) is 13.6. The molecule has 3 nitrogen and oxygen atoms in total. The molecule has 0 radical (unpaired) electrons.